The fraction of sp³-hybridized carbons (Fsp3) is 0.120. The smallest absolute Gasteiger partial charge is 0.271 e. The molecule has 5 nitrogen and oxygen atoms in total. The second-order valence-corrected chi connectivity index (χ2v) is 8.10. The third-order valence-corrected chi connectivity index (χ3v) is 5.80. The number of carbonyl (C=O) groups is 1. The molecule has 0 unspecified atom stereocenters. The molecule has 0 radical (unpaired) electrons. The van der Waals surface area contributed by atoms with Crippen molar-refractivity contribution in [3.8, 4) is 22.1 Å². The molecule has 0 aliphatic heterocycles. The minimum Gasteiger partial charge on any atom is -0.493 e. The van der Waals surface area contributed by atoms with Gasteiger partial charge in [0.1, 0.15) is 34.8 Å². The Morgan fingerprint density at radius 3 is 2.50 bits per heavy atom. The predicted molar refractivity (Wildman–Crippen MR) is 122 cm³/mol. The standard InChI is InChI=1S/C25H19F3N2O3S/c1-32-23-11-16(4-9-22(23)33-13-17-10-19(27)7-8-20(17)28)25-30-21(14-34-25)24(31)29-12-15-2-5-18(26)6-3-15/h2-11,14H,12-13H2,1H3,(H,29,31). The third kappa shape index (κ3) is 5.55. The van der Waals surface area contributed by atoms with Gasteiger partial charge in [0.2, 0.25) is 0 Å². The molecule has 0 spiro atoms. The van der Waals surface area contributed by atoms with Crippen molar-refractivity contribution in [3.63, 3.8) is 0 Å². The van der Waals surface area contributed by atoms with Crippen molar-refractivity contribution >= 4 is 17.2 Å². The van der Waals surface area contributed by atoms with Gasteiger partial charge in [-0.05, 0) is 54.1 Å². The molecule has 1 heterocycles. The van der Waals surface area contributed by atoms with Crippen LogP contribution >= 0.6 is 11.3 Å². The summed E-state index contributed by atoms with van der Waals surface area (Å²) in [5.74, 6) is -1.08. The molecule has 0 saturated carbocycles. The zero-order valence-electron chi connectivity index (χ0n) is 18.0. The van der Waals surface area contributed by atoms with E-state index in [1.807, 2.05) is 0 Å². The van der Waals surface area contributed by atoms with Crippen LogP contribution in [0.15, 0.2) is 66.0 Å². The summed E-state index contributed by atoms with van der Waals surface area (Å²) in [6.45, 7) is 0.0761. The molecule has 1 N–H and O–H groups in total. The maximum absolute atomic E-state index is 13.8. The maximum Gasteiger partial charge on any atom is 0.271 e. The molecule has 0 atom stereocenters. The van der Waals surface area contributed by atoms with Crippen molar-refractivity contribution in [1.82, 2.24) is 10.3 Å². The summed E-state index contributed by atoms with van der Waals surface area (Å²) in [4.78, 5) is 16.8. The van der Waals surface area contributed by atoms with Crippen LogP contribution < -0.4 is 14.8 Å². The largest absolute Gasteiger partial charge is 0.493 e. The number of nitrogens with one attached hydrogen (secondary N) is 1. The summed E-state index contributed by atoms with van der Waals surface area (Å²) >= 11 is 1.28. The number of amides is 1. The summed E-state index contributed by atoms with van der Waals surface area (Å²) in [7, 11) is 1.46. The Morgan fingerprint density at radius 2 is 1.74 bits per heavy atom. The van der Waals surface area contributed by atoms with Crippen LogP contribution in [0.3, 0.4) is 0 Å². The summed E-state index contributed by atoms with van der Waals surface area (Å²) in [6.07, 6.45) is 0. The van der Waals surface area contributed by atoms with E-state index in [1.54, 1.807) is 35.7 Å². The zero-order valence-corrected chi connectivity index (χ0v) is 18.8. The number of aromatic nitrogens is 1. The van der Waals surface area contributed by atoms with Crippen molar-refractivity contribution < 1.29 is 27.4 Å². The van der Waals surface area contributed by atoms with Gasteiger partial charge in [0.15, 0.2) is 11.5 Å². The first-order chi connectivity index (χ1) is 16.4. The monoisotopic (exact) mass is 484 g/mol. The number of methoxy groups -OCH3 is 1. The highest BCUT2D eigenvalue weighted by molar-refractivity contribution is 7.13. The average molecular weight is 484 g/mol. The lowest BCUT2D eigenvalue weighted by molar-refractivity contribution is 0.0946. The zero-order chi connectivity index (χ0) is 24.1. The van der Waals surface area contributed by atoms with Crippen molar-refractivity contribution in [1.29, 1.82) is 0 Å². The molecule has 4 aromatic rings. The van der Waals surface area contributed by atoms with Gasteiger partial charge in [0.25, 0.3) is 5.91 Å². The number of hydrogen-bond acceptors (Lipinski definition) is 5. The number of thiazole rings is 1. The second-order valence-electron chi connectivity index (χ2n) is 7.24. The highest BCUT2D eigenvalue weighted by Gasteiger charge is 2.15. The lowest BCUT2D eigenvalue weighted by atomic mass is 10.2. The number of carbonyl (C=O) groups excluding carboxylic acids is 1. The van der Waals surface area contributed by atoms with Gasteiger partial charge in [0, 0.05) is 23.1 Å². The van der Waals surface area contributed by atoms with Crippen LogP contribution in [0.2, 0.25) is 0 Å². The predicted octanol–water partition coefficient (Wildman–Crippen LogP) is 5.75. The Balaban J connectivity index is 1.43. The van der Waals surface area contributed by atoms with Crippen LogP contribution in [-0.2, 0) is 13.2 Å². The first kappa shape index (κ1) is 23.3. The van der Waals surface area contributed by atoms with Gasteiger partial charge < -0.3 is 14.8 Å². The van der Waals surface area contributed by atoms with Crippen LogP contribution in [0.5, 0.6) is 11.5 Å². The molecular formula is C25H19F3N2O3S. The van der Waals surface area contributed by atoms with Crippen molar-refractivity contribution in [2.24, 2.45) is 0 Å². The molecule has 3 aromatic carbocycles. The molecule has 34 heavy (non-hydrogen) atoms. The molecule has 174 valence electrons. The fourth-order valence-electron chi connectivity index (χ4n) is 3.12. The summed E-state index contributed by atoms with van der Waals surface area (Å²) in [5.41, 5.74) is 1.80. The number of rotatable bonds is 8. The van der Waals surface area contributed by atoms with E-state index in [2.05, 4.69) is 10.3 Å². The number of ether oxygens (including phenoxy) is 2. The van der Waals surface area contributed by atoms with Crippen LogP contribution in [0.25, 0.3) is 10.6 Å². The molecule has 0 aliphatic rings. The average Bonchev–Trinajstić information content (AvgIpc) is 3.34. The van der Waals surface area contributed by atoms with Crippen molar-refractivity contribution in [2.45, 2.75) is 13.2 Å². The van der Waals surface area contributed by atoms with Gasteiger partial charge in [-0.15, -0.1) is 11.3 Å². The van der Waals surface area contributed by atoms with E-state index >= 15 is 0 Å². The molecule has 9 heteroatoms. The minimum atomic E-state index is -0.565. The molecule has 1 amide bonds. The number of nitrogens with zero attached hydrogens (tertiary/aromatic N) is 1. The molecule has 0 aliphatic carbocycles. The second kappa shape index (κ2) is 10.4. The van der Waals surface area contributed by atoms with Crippen LogP contribution in [-0.4, -0.2) is 18.0 Å². The molecule has 1 aromatic heterocycles. The normalized spacial score (nSPS) is 10.7. The van der Waals surface area contributed by atoms with Crippen LogP contribution in [0.1, 0.15) is 21.6 Å². The number of benzene rings is 3. The van der Waals surface area contributed by atoms with Crippen molar-refractivity contribution in [3.05, 3.63) is 100 Å². The molecule has 4 rings (SSSR count). The van der Waals surface area contributed by atoms with E-state index in [1.165, 1.54) is 30.6 Å². The SMILES string of the molecule is COc1cc(-c2nc(C(=O)NCc3ccc(F)cc3)cs2)ccc1OCc1cc(F)ccc1F. The maximum atomic E-state index is 13.8. The van der Waals surface area contributed by atoms with Crippen molar-refractivity contribution in [2.75, 3.05) is 7.11 Å². The highest BCUT2D eigenvalue weighted by Crippen LogP contribution is 2.34. The summed E-state index contributed by atoms with van der Waals surface area (Å²) in [6, 6.07) is 14.1. The molecule has 0 saturated heterocycles. The number of hydrogen-bond donors (Lipinski definition) is 1. The van der Waals surface area contributed by atoms with E-state index < -0.39 is 11.6 Å². The van der Waals surface area contributed by atoms with Gasteiger partial charge in [-0.3, -0.25) is 4.79 Å². The summed E-state index contributed by atoms with van der Waals surface area (Å²) in [5, 5.41) is 4.98. The fourth-order valence-corrected chi connectivity index (χ4v) is 3.91. The van der Waals surface area contributed by atoms with Gasteiger partial charge in [0.05, 0.1) is 7.11 Å². The first-order valence-corrected chi connectivity index (χ1v) is 11.0. The molecular weight excluding hydrogens is 465 g/mol. The Hall–Kier alpha value is -3.85. The minimum absolute atomic E-state index is 0.0855. The Kier molecular flexibility index (Phi) is 7.12. The topological polar surface area (TPSA) is 60.5 Å². The Morgan fingerprint density at radius 1 is 0.971 bits per heavy atom. The van der Waals surface area contributed by atoms with Crippen LogP contribution in [0, 0.1) is 17.5 Å². The highest BCUT2D eigenvalue weighted by atomic mass is 32.1. The van der Waals surface area contributed by atoms with E-state index in [-0.39, 0.29) is 36.1 Å². The number of halogens is 3. The first-order valence-electron chi connectivity index (χ1n) is 10.2. The third-order valence-electron chi connectivity index (χ3n) is 4.90. The van der Waals surface area contributed by atoms with Gasteiger partial charge in [-0.1, -0.05) is 12.1 Å². The van der Waals surface area contributed by atoms with Crippen LogP contribution in [0.4, 0.5) is 13.2 Å². The van der Waals surface area contributed by atoms with Gasteiger partial charge in [-0.2, -0.15) is 0 Å². The van der Waals surface area contributed by atoms with E-state index in [0.29, 0.717) is 22.1 Å². The quantitative estimate of drug-likeness (QED) is 0.346. The lowest BCUT2D eigenvalue weighted by Gasteiger charge is -2.12. The molecule has 0 fully saturated rings. The van der Waals surface area contributed by atoms with E-state index in [0.717, 1.165) is 23.8 Å². The van der Waals surface area contributed by atoms with E-state index in [9.17, 15) is 18.0 Å². The Bertz CT molecular complexity index is 1310. The summed E-state index contributed by atoms with van der Waals surface area (Å²) < 4.78 is 51.2. The molecule has 0 bridgehead atoms. The van der Waals surface area contributed by atoms with Gasteiger partial charge >= 0.3 is 0 Å². The lowest BCUT2D eigenvalue weighted by Crippen LogP contribution is -2.23. The Labute approximate surface area is 197 Å². The van der Waals surface area contributed by atoms with Gasteiger partial charge in [-0.25, -0.2) is 18.2 Å². The van der Waals surface area contributed by atoms with E-state index in [4.69, 9.17) is 9.47 Å².